The van der Waals surface area contributed by atoms with Gasteiger partial charge in [0.05, 0.1) is 0 Å². The molecule has 0 aliphatic carbocycles. The first-order valence-electron chi connectivity index (χ1n) is 4.64. The van der Waals surface area contributed by atoms with E-state index in [-0.39, 0.29) is 0 Å². The van der Waals surface area contributed by atoms with Crippen molar-refractivity contribution in [2.75, 3.05) is 0 Å². The summed E-state index contributed by atoms with van der Waals surface area (Å²) in [6.07, 6.45) is 0. The van der Waals surface area contributed by atoms with Crippen LogP contribution in [-0.4, -0.2) is 0 Å². The molecule has 1 aromatic heterocycles. The molecule has 67 valence electrons. The molecule has 14 heavy (non-hydrogen) atoms. The molecular weight excluding hydrogens is 188 g/mol. The molecule has 0 spiro atoms. The van der Waals surface area contributed by atoms with E-state index in [2.05, 4.69) is 49.4 Å². The first-order chi connectivity index (χ1) is 6.84. The van der Waals surface area contributed by atoms with Gasteiger partial charge in [-0.05, 0) is 36.8 Å². The Bertz CT molecular complexity index is 605. The fourth-order valence-corrected chi connectivity index (χ4v) is 2.85. The first-order valence-corrected chi connectivity index (χ1v) is 5.46. The Morgan fingerprint density at radius 2 is 1.93 bits per heavy atom. The Balaban J connectivity index is 2.58. The van der Waals surface area contributed by atoms with Gasteiger partial charge in [-0.3, -0.25) is 0 Å². The summed E-state index contributed by atoms with van der Waals surface area (Å²) in [7, 11) is 0. The highest BCUT2D eigenvalue weighted by atomic mass is 32.1. The van der Waals surface area contributed by atoms with Crippen molar-refractivity contribution >= 4 is 31.5 Å². The molecule has 0 N–H and O–H groups in total. The van der Waals surface area contributed by atoms with Gasteiger partial charge in [-0.25, -0.2) is 0 Å². The highest BCUT2D eigenvalue weighted by Gasteiger charge is 2.03. The lowest BCUT2D eigenvalue weighted by atomic mass is 10.1. The van der Waals surface area contributed by atoms with Crippen molar-refractivity contribution in [3.05, 3.63) is 48.0 Å². The summed E-state index contributed by atoms with van der Waals surface area (Å²) in [4.78, 5) is 0. The summed E-state index contributed by atoms with van der Waals surface area (Å²) >= 11 is 1.84. The molecule has 0 aliphatic heterocycles. The molecule has 0 amide bonds. The second kappa shape index (κ2) is 2.82. The average molecular weight is 197 g/mol. The molecule has 1 heterocycles. The smallest absolute Gasteiger partial charge is 0.0361 e. The van der Waals surface area contributed by atoms with E-state index in [0.717, 1.165) is 0 Å². The molecular formula is C13H9S. The summed E-state index contributed by atoms with van der Waals surface area (Å²) in [6.45, 7) is 2.09. The lowest BCUT2D eigenvalue weighted by Crippen LogP contribution is -1.70. The van der Waals surface area contributed by atoms with Gasteiger partial charge in [-0.2, -0.15) is 0 Å². The van der Waals surface area contributed by atoms with E-state index >= 15 is 0 Å². The van der Waals surface area contributed by atoms with E-state index in [1.165, 1.54) is 25.7 Å². The number of benzene rings is 2. The number of hydrogen-bond donors (Lipinski definition) is 0. The molecule has 0 saturated heterocycles. The Morgan fingerprint density at radius 3 is 2.86 bits per heavy atom. The summed E-state index contributed by atoms with van der Waals surface area (Å²) < 4.78 is 2.69. The number of fused-ring (bicyclic) bond motifs is 3. The minimum absolute atomic E-state index is 1.21. The summed E-state index contributed by atoms with van der Waals surface area (Å²) in [5.74, 6) is 0. The van der Waals surface area contributed by atoms with E-state index in [0.29, 0.717) is 0 Å². The van der Waals surface area contributed by atoms with Gasteiger partial charge in [0, 0.05) is 20.2 Å². The predicted molar refractivity (Wildman–Crippen MR) is 62.9 cm³/mol. The van der Waals surface area contributed by atoms with Crippen LogP contribution in [0, 0.1) is 13.0 Å². The molecule has 0 unspecified atom stereocenters. The van der Waals surface area contributed by atoms with Crippen LogP contribution < -0.4 is 0 Å². The molecule has 1 radical (unpaired) electrons. The molecule has 0 bridgehead atoms. The molecule has 0 fully saturated rings. The number of rotatable bonds is 0. The predicted octanol–water partition coefficient (Wildman–Crippen LogP) is 4.16. The van der Waals surface area contributed by atoms with Crippen LogP contribution in [0.5, 0.6) is 0 Å². The second-order valence-electron chi connectivity index (χ2n) is 3.49. The van der Waals surface area contributed by atoms with E-state index in [1.807, 2.05) is 11.3 Å². The van der Waals surface area contributed by atoms with Crippen molar-refractivity contribution in [2.24, 2.45) is 0 Å². The van der Waals surface area contributed by atoms with Gasteiger partial charge in [0.15, 0.2) is 0 Å². The molecule has 0 atom stereocenters. The highest BCUT2D eigenvalue weighted by Crippen LogP contribution is 2.33. The van der Waals surface area contributed by atoms with E-state index < -0.39 is 0 Å². The number of thiophene rings is 1. The van der Waals surface area contributed by atoms with E-state index in [1.54, 1.807) is 0 Å². The third kappa shape index (κ3) is 1.06. The third-order valence-electron chi connectivity index (χ3n) is 2.45. The van der Waals surface area contributed by atoms with Crippen LogP contribution in [0.25, 0.3) is 20.2 Å². The van der Waals surface area contributed by atoms with Gasteiger partial charge >= 0.3 is 0 Å². The zero-order valence-corrected chi connectivity index (χ0v) is 8.69. The Morgan fingerprint density at radius 1 is 1.07 bits per heavy atom. The van der Waals surface area contributed by atoms with Gasteiger partial charge in [-0.1, -0.05) is 18.2 Å². The molecule has 2 aromatic carbocycles. The molecule has 0 saturated carbocycles. The van der Waals surface area contributed by atoms with Gasteiger partial charge in [-0.15, -0.1) is 11.3 Å². The summed E-state index contributed by atoms with van der Waals surface area (Å²) in [5.41, 5.74) is 1.21. The molecule has 3 aromatic rings. The average Bonchev–Trinajstić information content (AvgIpc) is 2.56. The van der Waals surface area contributed by atoms with Crippen molar-refractivity contribution in [1.29, 1.82) is 0 Å². The largest absolute Gasteiger partial charge is 0.135 e. The van der Waals surface area contributed by atoms with Crippen LogP contribution in [0.1, 0.15) is 5.56 Å². The topological polar surface area (TPSA) is 0 Å². The minimum Gasteiger partial charge on any atom is -0.135 e. The Hall–Kier alpha value is -1.34. The monoisotopic (exact) mass is 197 g/mol. The highest BCUT2D eigenvalue weighted by molar-refractivity contribution is 7.25. The maximum absolute atomic E-state index is 3.25. The van der Waals surface area contributed by atoms with Crippen molar-refractivity contribution < 1.29 is 0 Å². The standard InChI is InChI=1S/C13H9S/c1-9-6-7-13-11(8-9)10-4-2-3-5-12(10)14-13/h2-5,7-8H,1H3. The second-order valence-corrected chi connectivity index (χ2v) is 4.58. The lowest BCUT2D eigenvalue weighted by Gasteiger charge is -1.92. The SMILES string of the molecule is Cc1[c]cc2sc3ccccc3c2c1. The van der Waals surface area contributed by atoms with Crippen molar-refractivity contribution in [2.45, 2.75) is 6.92 Å². The quantitative estimate of drug-likeness (QED) is 0.507. The van der Waals surface area contributed by atoms with Crippen LogP contribution in [-0.2, 0) is 0 Å². The van der Waals surface area contributed by atoms with E-state index in [4.69, 9.17) is 0 Å². The van der Waals surface area contributed by atoms with Crippen LogP contribution in [0.3, 0.4) is 0 Å². The van der Waals surface area contributed by atoms with Gasteiger partial charge in [0.2, 0.25) is 0 Å². The van der Waals surface area contributed by atoms with Crippen LogP contribution in [0.2, 0.25) is 0 Å². The van der Waals surface area contributed by atoms with Gasteiger partial charge in [0.1, 0.15) is 0 Å². The van der Waals surface area contributed by atoms with Crippen LogP contribution >= 0.6 is 11.3 Å². The summed E-state index contributed by atoms with van der Waals surface area (Å²) in [6, 6.07) is 16.1. The fourth-order valence-electron chi connectivity index (χ4n) is 1.78. The number of hydrogen-bond acceptors (Lipinski definition) is 1. The van der Waals surface area contributed by atoms with Gasteiger partial charge < -0.3 is 0 Å². The summed E-state index contributed by atoms with van der Waals surface area (Å²) in [5, 5.41) is 2.73. The Kier molecular flexibility index (Phi) is 1.62. The lowest BCUT2D eigenvalue weighted by molar-refractivity contribution is 1.50. The molecule has 0 aliphatic rings. The van der Waals surface area contributed by atoms with Crippen LogP contribution in [0.4, 0.5) is 0 Å². The van der Waals surface area contributed by atoms with E-state index in [9.17, 15) is 0 Å². The Labute approximate surface area is 86.8 Å². The maximum atomic E-state index is 3.25. The molecule has 3 rings (SSSR count). The van der Waals surface area contributed by atoms with Crippen LogP contribution in [0.15, 0.2) is 36.4 Å². The molecule has 1 heteroatoms. The van der Waals surface area contributed by atoms with Crippen molar-refractivity contribution in [3.63, 3.8) is 0 Å². The van der Waals surface area contributed by atoms with Crippen molar-refractivity contribution in [3.8, 4) is 0 Å². The molecule has 0 nitrogen and oxygen atoms in total. The first kappa shape index (κ1) is 8.01. The zero-order chi connectivity index (χ0) is 9.54. The fraction of sp³-hybridized carbons (Fsp3) is 0.0769. The third-order valence-corrected chi connectivity index (χ3v) is 3.59. The maximum Gasteiger partial charge on any atom is 0.0361 e. The number of aryl methyl sites for hydroxylation is 1. The normalized spacial score (nSPS) is 11.2. The van der Waals surface area contributed by atoms with Crippen molar-refractivity contribution in [1.82, 2.24) is 0 Å². The minimum atomic E-state index is 1.21. The zero-order valence-electron chi connectivity index (χ0n) is 7.87. The van der Waals surface area contributed by atoms with Gasteiger partial charge in [0.25, 0.3) is 0 Å².